The van der Waals surface area contributed by atoms with Gasteiger partial charge in [0.25, 0.3) is 5.91 Å². The lowest BCUT2D eigenvalue weighted by atomic mass is 10.1. The molecular formula is C20H21N3O3. The lowest BCUT2D eigenvalue weighted by Crippen LogP contribution is -2.17. The third-order valence-electron chi connectivity index (χ3n) is 4.41. The predicted octanol–water partition coefficient (Wildman–Crippen LogP) is 3.45. The second-order valence-corrected chi connectivity index (χ2v) is 5.84. The molecule has 3 aromatic rings. The van der Waals surface area contributed by atoms with Crippen molar-refractivity contribution in [2.45, 2.75) is 20.4 Å². The Hall–Kier alpha value is -3.28. The Morgan fingerprint density at radius 2 is 2.08 bits per heavy atom. The monoisotopic (exact) mass is 351 g/mol. The summed E-state index contributed by atoms with van der Waals surface area (Å²) in [6.07, 6.45) is 1.64. The molecule has 0 atom stereocenters. The Morgan fingerprint density at radius 1 is 1.31 bits per heavy atom. The molecule has 6 heteroatoms. The normalized spacial score (nSPS) is 11.2. The van der Waals surface area contributed by atoms with Gasteiger partial charge in [0.15, 0.2) is 0 Å². The molecule has 0 bridgehead atoms. The number of aryl methyl sites for hydroxylation is 1. The fourth-order valence-electron chi connectivity index (χ4n) is 3.07. The zero-order chi connectivity index (χ0) is 18.7. The standard InChI is InChI=1S/C20H21N3O3/c1-4-23-13(2)17(15-7-5-6-8-18(15)23)12-21-22-20(25)16-10-9-14(26-3)11-19(16)24/h5-12,24H,4H2,1-3H3,(H,22,25)/b21-12-. The van der Waals surface area contributed by atoms with Gasteiger partial charge < -0.3 is 14.4 Å². The van der Waals surface area contributed by atoms with Gasteiger partial charge in [-0.1, -0.05) is 18.2 Å². The molecule has 0 fully saturated rings. The summed E-state index contributed by atoms with van der Waals surface area (Å²) >= 11 is 0. The fourth-order valence-corrected chi connectivity index (χ4v) is 3.07. The van der Waals surface area contributed by atoms with Crippen LogP contribution in [0.1, 0.15) is 28.5 Å². The Balaban J connectivity index is 1.84. The quantitative estimate of drug-likeness (QED) is 0.546. The van der Waals surface area contributed by atoms with E-state index >= 15 is 0 Å². The van der Waals surface area contributed by atoms with Crippen LogP contribution in [0.2, 0.25) is 0 Å². The molecule has 1 aromatic heterocycles. The van der Waals surface area contributed by atoms with Crippen molar-refractivity contribution in [2.24, 2.45) is 5.10 Å². The van der Waals surface area contributed by atoms with Gasteiger partial charge in [0.1, 0.15) is 11.5 Å². The highest BCUT2D eigenvalue weighted by molar-refractivity contribution is 6.02. The van der Waals surface area contributed by atoms with Crippen molar-refractivity contribution in [3.8, 4) is 11.5 Å². The number of hydrogen-bond acceptors (Lipinski definition) is 4. The average Bonchev–Trinajstić information content (AvgIpc) is 2.92. The molecule has 26 heavy (non-hydrogen) atoms. The summed E-state index contributed by atoms with van der Waals surface area (Å²) in [6.45, 7) is 4.98. The molecule has 0 spiro atoms. The van der Waals surface area contributed by atoms with E-state index in [1.54, 1.807) is 12.3 Å². The summed E-state index contributed by atoms with van der Waals surface area (Å²) in [5.41, 5.74) is 5.78. The van der Waals surface area contributed by atoms with Gasteiger partial charge in [-0.2, -0.15) is 5.10 Å². The number of rotatable bonds is 5. The Labute approximate surface area is 151 Å². The van der Waals surface area contributed by atoms with E-state index in [0.717, 1.165) is 28.7 Å². The highest BCUT2D eigenvalue weighted by Crippen LogP contribution is 2.25. The number of phenolic OH excluding ortho intramolecular Hbond substituents is 1. The largest absolute Gasteiger partial charge is 0.507 e. The first-order chi connectivity index (χ1) is 12.6. The maximum atomic E-state index is 12.2. The van der Waals surface area contributed by atoms with Crippen LogP contribution in [0.15, 0.2) is 47.6 Å². The van der Waals surface area contributed by atoms with Crippen molar-refractivity contribution in [2.75, 3.05) is 7.11 Å². The second kappa shape index (κ2) is 7.31. The van der Waals surface area contributed by atoms with Crippen molar-refractivity contribution >= 4 is 23.0 Å². The summed E-state index contributed by atoms with van der Waals surface area (Å²) in [5.74, 6) is -0.167. The average molecular weight is 351 g/mol. The number of hydrazone groups is 1. The van der Waals surface area contributed by atoms with Gasteiger partial charge >= 0.3 is 0 Å². The number of hydrogen-bond donors (Lipinski definition) is 2. The van der Waals surface area contributed by atoms with Gasteiger partial charge in [0.2, 0.25) is 0 Å². The topological polar surface area (TPSA) is 75.9 Å². The molecule has 0 aliphatic carbocycles. The Kier molecular flexibility index (Phi) is 4.93. The number of nitrogens with one attached hydrogen (secondary N) is 1. The first kappa shape index (κ1) is 17.5. The SMILES string of the molecule is CCn1c(C)c(/C=N\NC(=O)c2ccc(OC)cc2O)c2ccccc21. The lowest BCUT2D eigenvalue weighted by molar-refractivity contribution is 0.0952. The van der Waals surface area contributed by atoms with E-state index in [2.05, 4.69) is 28.1 Å². The van der Waals surface area contributed by atoms with Crippen LogP contribution >= 0.6 is 0 Å². The van der Waals surface area contributed by atoms with Gasteiger partial charge in [-0.05, 0) is 32.0 Å². The highest BCUT2D eigenvalue weighted by Gasteiger charge is 2.13. The number of carbonyl (C=O) groups is 1. The van der Waals surface area contributed by atoms with E-state index in [9.17, 15) is 9.90 Å². The number of aromatic nitrogens is 1. The maximum absolute atomic E-state index is 12.2. The fraction of sp³-hybridized carbons (Fsp3) is 0.200. The van der Waals surface area contributed by atoms with Gasteiger partial charge in [-0.15, -0.1) is 0 Å². The molecular weight excluding hydrogens is 330 g/mol. The van der Waals surface area contributed by atoms with Crippen LogP contribution in [0.3, 0.4) is 0 Å². The summed E-state index contributed by atoms with van der Waals surface area (Å²) in [5, 5.41) is 15.1. The number of para-hydroxylation sites is 1. The molecule has 0 saturated heterocycles. The van der Waals surface area contributed by atoms with Crippen molar-refractivity contribution in [3.05, 3.63) is 59.3 Å². The zero-order valence-corrected chi connectivity index (χ0v) is 15.0. The molecule has 0 aliphatic heterocycles. The van der Waals surface area contributed by atoms with E-state index < -0.39 is 5.91 Å². The molecule has 6 nitrogen and oxygen atoms in total. The summed E-state index contributed by atoms with van der Waals surface area (Å²) in [6, 6.07) is 12.6. The minimum Gasteiger partial charge on any atom is -0.507 e. The third-order valence-corrected chi connectivity index (χ3v) is 4.41. The number of amides is 1. The van der Waals surface area contributed by atoms with Crippen molar-refractivity contribution in [1.82, 2.24) is 9.99 Å². The molecule has 0 radical (unpaired) electrons. The number of phenols is 1. The molecule has 2 aromatic carbocycles. The van der Waals surface area contributed by atoms with E-state index in [1.807, 2.05) is 25.1 Å². The smallest absolute Gasteiger partial charge is 0.275 e. The molecule has 0 unspecified atom stereocenters. The highest BCUT2D eigenvalue weighted by atomic mass is 16.5. The number of ether oxygens (including phenoxy) is 1. The van der Waals surface area contributed by atoms with Crippen LogP contribution in [0.25, 0.3) is 10.9 Å². The van der Waals surface area contributed by atoms with Crippen LogP contribution in [-0.4, -0.2) is 28.9 Å². The molecule has 0 aliphatic rings. The van der Waals surface area contributed by atoms with Gasteiger partial charge in [0, 0.05) is 34.8 Å². The van der Waals surface area contributed by atoms with Crippen molar-refractivity contribution in [1.29, 1.82) is 0 Å². The summed E-state index contributed by atoms with van der Waals surface area (Å²) in [7, 11) is 1.49. The molecule has 1 heterocycles. The molecule has 1 amide bonds. The lowest BCUT2D eigenvalue weighted by Gasteiger charge is -2.05. The molecule has 0 saturated carbocycles. The first-order valence-electron chi connectivity index (χ1n) is 8.35. The number of aromatic hydroxyl groups is 1. The van der Waals surface area contributed by atoms with Crippen LogP contribution in [0, 0.1) is 6.92 Å². The maximum Gasteiger partial charge on any atom is 0.275 e. The number of benzene rings is 2. The van der Waals surface area contributed by atoms with Gasteiger partial charge in [-0.25, -0.2) is 5.43 Å². The van der Waals surface area contributed by atoms with Crippen LogP contribution in [0.4, 0.5) is 0 Å². The third kappa shape index (κ3) is 3.13. The van der Waals surface area contributed by atoms with Gasteiger partial charge in [-0.3, -0.25) is 4.79 Å². The van der Waals surface area contributed by atoms with Crippen LogP contribution < -0.4 is 10.2 Å². The molecule has 2 N–H and O–H groups in total. The van der Waals surface area contributed by atoms with Crippen molar-refractivity contribution < 1.29 is 14.6 Å². The first-order valence-corrected chi connectivity index (χ1v) is 8.35. The minimum absolute atomic E-state index is 0.135. The van der Waals surface area contributed by atoms with Crippen LogP contribution in [0.5, 0.6) is 11.5 Å². The van der Waals surface area contributed by atoms with E-state index in [0.29, 0.717) is 5.75 Å². The van der Waals surface area contributed by atoms with E-state index in [4.69, 9.17) is 4.74 Å². The summed E-state index contributed by atoms with van der Waals surface area (Å²) in [4.78, 5) is 12.2. The van der Waals surface area contributed by atoms with Crippen LogP contribution in [-0.2, 0) is 6.54 Å². The van der Waals surface area contributed by atoms with E-state index in [1.165, 1.54) is 19.2 Å². The predicted molar refractivity (Wildman–Crippen MR) is 102 cm³/mol. The number of methoxy groups -OCH3 is 1. The number of carbonyl (C=O) groups excluding carboxylic acids is 1. The zero-order valence-electron chi connectivity index (χ0n) is 15.0. The number of nitrogens with zero attached hydrogens (tertiary/aromatic N) is 2. The second-order valence-electron chi connectivity index (χ2n) is 5.84. The Morgan fingerprint density at radius 3 is 2.77 bits per heavy atom. The van der Waals surface area contributed by atoms with Crippen molar-refractivity contribution in [3.63, 3.8) is 0 Å². The molecule has 3 rings (SSSR count). The minimum atomic E-state index is -0.488. The van der Waals surface area contributed by atoms with Gasteiger partial charge in [0.05, 0.1) is 18.9 Å². The summed E-state index contributed by atoms with van der Waals surface area (Å²) < 4.78 is 7.21. The molecule has 134 valence electrons. The van der Waals surface area contributed by atoms with E-state index in [-0.39, 0.29) is 11.3 Å². The Bertz CT molecular complexity index is 989. The number of fused-ring (bicyclic) bond motifs is 1.